The summed E-state index contributed by atoms with van der Waals surface area (Å²) >= 11 is 1.55. The number of fused-ring (bicyclic) bond motifs is 1. The summed E-state index contributed by atoms with van der Waals surface area (Å²) in [6.07, 6.45) is 1.76. The van der Waals surface area contributed by atoms with Crippen molar-refractivity contribution >= 4 is 22.9 Å². The molecule has 1 aliphatic rings. The van der Waals surface area contributed by atoms with E-state index in [1.807, 2.05) is 48.7 Å². The van der Waals surface area contributed by atoms with Gasteiger partial charge >= 0.3 is 0 Å². The number of hydrogen-bond acceptors (Lipinski definition) is 5. The Hall–Kier alpha value is -2.99. The third-order valence-corrected chi connectivity index (χ3v) is 4.88. The smallest absolute Gasteiger partial charge is 0.265 e. The number of benzene rings is 1. The van der Waals surface area contributed by atoms with Crippen molar-refractivity contribution in [1.82, 2.24) is 9.97 Å². The third-order valence-electron chi connectivity index (χ3n) is 4.01. The highest BCUT2D eigenvalue weighted by molar-refractivity contribution is 7.13. The zero-order chi connectivity index (χ0) is 18.1. The fourth-order valence-electron chi connectivity index (χ4n) is 2.82. The number of thiazole rings is 1. The number of ether oxygens (including phenoxy) is 1. The lowest BCUT2D eigenvalue weighted by molar-refractivity contribution is -0.121. The first-order valence-electron chi connectivity index (χ1n) is 8.21. The standard InChI is InChI=1S/C20H17N3O2S/c1-13(2)10-23-17-9-14(6-7-18(17)25-11-19(23)24)16-12-26-20(22-16)15-5-3-4-8-21-15/h3-9,12H,1,10-11H2,2H3. The Bertz CT molecular complexity index is 982. The Morgan fingerprint density at radius 3 is 2.96 bits per heavy atom. The molecule has 1 amide bonds. The second-order valence-electron chi connectivity index (χ2n) is 6.16. The van der Waals surface area contributed by atoms with Gasteiger partial charge in [0, 0.05) is 23.7 Å². The number of carbonyl (C=O) groups is 1. The van der Waals surface area contributed by atoms with E-state index in [-0.39, 0.29) is 12.5 Å². The monoisotopic (exact) mass is 363 g/mol. The van der Waals surface area contributed by atoms with E-state index in [0.717, 1.165) is 33.2 Å². The lowest BCUT2D eigenvalue weighted by atomic mass is 10.1. The minimum atomic E-state index is -0.0647. The van der Waals surface area contributed by atoms with Gasteiger partial charge in [-0.2, -0.15) is 0 Å². The van der Waals surface area contributed by atoms with Gasteiger partial charge in [-0.1, -0.05) is 18.2 Å². The molecule has 130 valence electrons. The van der Waals surface area contributed by atoms with Crippen LogP contribution in [0.1, 0.15) is 6.92 Å². The van der Waals surface area contributed by atoms with E-state index in [1.165, 1.54) is 0 Å². The summed E-state index contributed by atoms with van der Waals surface area (Å²) in [7, 11) is 0. The molecule has 3 heterocycles. The molecule has 4 rings (SSSR count). The second kappa shape index (κ2) is 6.72. The number of carbonyl (C=O) groups excluding carboxylic acids is 1. The lowest BCUT2D eigenvalue weighted by Crippen LogP contribution is -2.39. The minimum Gasteiger partial charge on any atom is -0.482 e. The van der Waals surface area contributed by atoms with Crippen molar-refractivity contribution in [2.45, 2.75) is 6.92 Å². The maximum absolute atomic E-state index is 12.3. The van der Waals surface area contributed by atoms with Gasteiger partial charge in [0.2, 0.25) is 0 Å². The Balaban J connectivity index is 1.71. The van der Waals surface area contributed by atoms with Crippen molar-refractivity contribution in [3.8, 4) is 27.7 Å². The summed E-state index contributed by atoms with van der Waals surface area (Å²) < 4.78 is 5.56. The number of anilines is 1. The Labute approximate surface area is 155 Å². The largest absolute Gasteiger partial charge is 0.482 e. The number of hydrogen-bond donors (Lipinski definition) is 0. The average molecular weight is 363 g/mol. The highest BCUT2D eigenvalue weighted by Crippen LogP contribution is 2.37. The predicted octanol–water partition coefficient (Wildman–Crippen LogP) is 4.17. The first-order chi connectivity index (χ1) is 12.6. The zero-order valence-electron chi connectivity index (χ0n) is 14.3. The van der Waals surface area contributed by atoms with Gasteiger partial charge in [-0.15, -0.1) is 11.3 Å². The maximum atomic E-state index is 12.3. The predicted molar refractivity (Wildman–Crippen MR) is 103 cm³/mol. The zero-order valence-corrected chi connectivity index (χ0v) is 15.1. The minimum absolute atomic E-state index is 0.0557. The molecule has 0 atom stereocenters. The van der Waals surface area contributed by atoms with Crippen LogP contribution in [0.15, 0.2) is 60.1 Å². The molecule has 1 aliphatic heterocycles. The van der Waals surface area contributed by atoms with Crippen LogP contribution in [0.25, 0.3) is 22.0 Å². The van der Waals surface area contributed by atoms with Gasteiger partial charge in [0.1, 0.15) is 10.8 Å². The van der Waals surface area contributed by atoms with Crippen molar-refractivity contribution in [2.75, 3.05) is 18.1 Å². The molecule has 3 aromatic rings. The Morgan fingerprint density at radius 2 is 2.19 bits per heavy atom. The van der Waals surface area contributed by atoms with Crippen LogP contribution in [0.2, 0.25) is 0 Å². The van der Waals surface area contributed by atoms with Crippen molar-refractivity contribution in [1.29, 1.82) is 0 Å². The van der Waals surface area contributed by atoms with E-state index >= 15 is 0 Å². The van der Waals surface area contributed by atoms with E-state index < -0.39 is 0 Å². The quantitative estimate of drug-likeness (QED) is 0.653. The van der Waals surface area contributed by atoms with Gasteiger partial charge in [0.25, 0.3) is 5.91 Å². The molecule has 0 spiro atoms. The lowest BCUT2D eigenvalue weighted by Gasteiger charge is -2.29. The van der Waals surface area contributed by atoms with Crippen LogP contribution in [-0.4, -0.2) is 29.0 Å². The molecule has 2 aromatic heterocycles. The third kappa shape index (κ3) is 3.11. The van der Waals surface area contributed by atoms with Gasteiger partial charge < -0.3 is 9.64 Å². The van der Waals surface area contributed by atoms with E-state index in [2.05, 4.69) is 11.6 Å². The van der Waals surface area contributed by atoms with Crippen molar-refractivity contribution in [3.63, 3.8) is 0 Å². The van der Waals surface area contributed by atoms with Gasteiger partial charge in [0.05, 0.1) is 17.1 Å². The van der Waals surface area contributed by atoms with E-state index in [0.29, 0.717) is 12.3 Å². The van der Waals surface area contributed by atoms with Gasteiger partial charge in [0.15, 0.2) is 6.61 Å². The maximum Gasteiger partial charge on any atom is 0.265 e. The molecule has 0 N–H and O–H groups in total. The fourth-order valence-corrected chi connectivity index (χ4v) is 3.62. The average Bonchev–Trinajstić information content (AvgIpc) is 3.14. The van der Waals surface area contributed by atoms with Gasteiger partial charge in [-0.3, -0.25) is 9.78 Å². The van der Waals surface area contributed by atoms with Crippen LogP contribution in [-0.2, 0) is 4.79 Å². The summed E-state index contributed by atoms with van der Waals surface area (Å²) in [6, 6.07) is 11.6. The molecule has 0 aliphatic carbocycles. The molecule has 5 nitrogen and oxygen atoms in total. The Morgan fingerprint density at radius 1 is 1.31 bits per heavy atom. The van der Waals surface area contributed by atoms with Crippen LogP contribution in [0, 0.1) is 0 Å². The first-order valence-corrected chi connectivity index (χ1v) is 9.08. The van der Waals surface area contributed by atoms with Crippen molar-refractivity contribution in [3.05, 3.63) is 60.1 Å². The molecule has 1 aromatic carbocycles. The van der Waals surface area contributed by atoms with Crippen molar-refractivity contribution < 1.29 is 9.53 Å². The highest BCUT2D eigenvalue weighted by Gasteiger charge is 2.26. The van der Waals surface area contributed by atoms with Gasteiger partial charge in [-0.05, 0) is 37.3 Å². The SMILES string of the molecule is C=C(C)CN1C(=O)COc2ccc(-c3csc(-c4ccccn4)n3)cc21. The summed E-state index contributed by atoms with van der Waals surface area (Å²) in [5.74, 6) is 0.639. The summed E-state index contributed by atoms with van der Waals surface area (Å²) in [5, 5.41) is 2.87. The number of rotatable bonds is 4. The van der Waals surface area contributed by atoms with Crippen LogP contribution in [0.3, 0.4) is 0 Å². The molecule has 0 radical (unpaired) electrons. The molecular weight excluding hydrogens is 346 g/mol. The van der Waals surface area contributed by atoms with Crippen LogP contribution >= 0.6 is 11.3 Å². The topological polar surface area (TPSA) is 55.3 Å². The molecule has 0 fully saturated rings. The Kier molecular flexibility index (Phi) is 4.26. The number of pyridine rings is 1. The molecule has 0 saturated heterocycles. The van der Waals surface area contributed by atoms with Crippen LogP contribution < -0.4 is 9.64 Å². The highest BCUT2D eigenvalue weighted by atomic mass is 32.1. The molecule has 6 heteroatoms. The van der Waals surface area contributed by atoms with Crippen LogP contribution in [0.5, 0.6) is 5.75 Å². The first kappa shape index (κ1) is 16.5. The molecule has 0 saturated carbocycles. The summed E-state index contributed by atoms with van der Waals surface area (Å²) in [6.45, 7) is 6.37. The van der Waals surface area contributed by atoms with E-state index in [1.54, 1.807) is 22.4 Å². The van der Waals surface area contributed by atoms with Crippen molar-refractivity contribution in [2.24, 2.45) is 0 Å². The second-order valence-corrected chi connectivity index (χ2v) is 7.02. The number of nitrogens with zero attached hydrogens (tertiary/aromatic N) is 3. The van der Waals surface area contributed by atoms with Gasteiger partial charge in [-0.25, -0.2) is 4.98 Å². The molecule has 0 bridgehead atoms. The molecular formula is C20H17N3O2S. The molecule has 0 unspecified atom stereocenters. The number of amides is 1. The number of aromatic nitrogens is 2. The summed E-state index contributed by atoms with van der Waals surface area (Å²) in [5.41, 5.74) is 4.32. The molecule has 26 heavy (non-hydrogen) atoms. The van der Waals surface area contributed by atoms with E-state index in [9.17, 15) is 4.79 Å². The van der Waals surface area contributed by atoms with E-state index in [4.69, 9.17) is 9.72 Å². The van der Waals surface area contributed by atoms with Crippen LogP contribution in [0.4, 0.5) is 5.69 Å². The normalized spacial score (nSPS) is 13.3. The fraction of sp³-hybridized carbons (Fsp3) is 0.150. The summed E-state index contributed by atoms with van der Waals surface area (Å²) in [4.78, 5) is 23.0.